The number of carbonyl (C=O) groups is 1. The number of allylic oxidation sites excluding steroid dienone is 8. The van der Waals surface area contributed by atoms with Gasteiger partial charge in [-0.3, -0.25) is 4.79 Å². The normalized spacial score (nSPS) is 18.4. The van der Waals surface area contributed by atoms with Crippen LogP contribution in [0.15, 0.2) is 48.6 Å². The molecular formula is C23H38O4. The minimum atomic E-state index is -3.65. The van der Waals surface area contributed by atoms with Crippen LogP contribution in [0.3, 0.4) is 0 Å². The summed E-state index contributed by atoms with van der Waals surface area (Å²) in [5.41, 5.74) is 0. The highest BCUT2D eigenvalue weighted by molar-refractivity contribution is 5.69. The summed E-state index contributed by atoms with van der Waals surface area (Å²) in [7, 11) is 0. The minimum Gasteiger partial charge on any atom is -0.463 e. The summed E-state index contributed by atoms with van der Waals surface area (Å²) >= 11 is 0. The zero-order valence-electron chi connectivity index (χ0n) is 21.4. The van der Waals surface area contributed by atoms with Gasteiger partial charge in [0.05, 0.1) is 13.4 Å². The van der Waals surface area contributed by atoms with E-state index in [0.29, 0.717) is 12.8 Å². The lowest BCUT2D eigenvalue weighted by atomic mass is 10.2. The number of unbranched alkanes of at least 4 members (excludes halogenated alkanes) is 4. The molecule has 0 amide bonds. The zero-order valence-corrected chi connectivity index (χ0v) is 16.4. The number of hydrogen-bond acceptors (Lipinski definition) is 4. The molecule has 0 aliphatic carbocycles. The fourth-order valence-electron chi connectivity index (χ4n) is 2.10. The zero-order chi connectivity index (χ0) is 24.5. The minimum absolute atomic E-state index is 0.165. The molecule has 0 aliphatic rings. The van der Waals surface area contributed by atoms with Gasteiger partial charge in [0.15, 0.2) is 0 Å². The monoisotopic (exact) mass is 383 g/mol. The van der Waals surface area contributed by atoms with Crippen molar-refractivity contribution in [3.63, 3.8) is 0 Å². The van der Waals surface area contributed by atoms with E-state index < -0.39 is 25.2 Å². The third-order valence-corrected chi connectivity index (χ3v) is 3.58. The fourth-order valence-corrected chi connectivity index (χ4v) is 2.10. The lowest BCUT2D eigenvalue weighted by Gasteiger charge is -2.07. The van der Waals surface area contributed by atoms with E-state index in [-0.39, 0.29) is 6.42 Å². The second-order valence-electron chi connectivity index (χ2n) is 6.02. The van der Waals surface area contributed by atoms with Crippen molar-refractivity contribution in [2.75, 3.05) is 13.1 Å². The van der Waals surface area contributed by atoms with Gasteiger partial charge in [0, 0.05) is 6.42 Å². The SMILES string of the molecule is [2H]C([2H])(O)C([2H])(O)C([2H])([2H])OC(=O)CCC/C=C/C/C=C/C/C=C/C/C=C/CCCCC. The largest absolute Gasteiger partial charge is 0.463 e. The standard InChI is InChI=1S/C23H38O4/c1-2-3-4-5-6-7-8-9-10-11-12-13-14-15-16-17-18-19-23(26)27-21-22(25)20-24/h6-7,9-10,12-13,15-16,22,24-25H,2-5,8,11,14,17-21H2,1H3/b7-6+,10-9+,13-12+,16-15+/i20D2,21D2,22D. The summed E-state index contributed by atoms with van der Waals surface area (Å²) in [5.74, 6) is -1.03. The summed E-state index contributed by atoms with van der Waals surface area (Å²) in [5, 5.41) is 18.6. The van der Waals surface area contributed by atoms with E-state index in [4.69, 9.17) is 12.0 Å². The molecule has 0 saturated heterocycles. The van der Waals surface area contributed by atoms with E-state index in [1.54, 1.807) is 0 Å². The van der Waals surface area contributed by atoms with Crippen LogP contribution in [0.2, 0.25) is 0 Å². The van der Waals surface area contributed by atoms with Crippen molar-refractivity contribution in [3.8, 4) is 0 Å². The Balaban J connectivity index is 3.94. The van der Waals surface area contributed by atoms with Crippen LogP contribution in [0.1, 0.15) is 78.0 Å². The van der Waals surface area contributed by atoms with E-state index in [9.17, 15) is 9.90 Å². The molecule has 0 rings (SSSR count). The van der Waals surface area contributed by atoms with Gasteiger partial charge in [-0.05, 0) is 44.9 Å². The Labute approximate surface area is 172 Å². The molecule has 0 saturated carbocycles. The first-order valence-corrected chi connectivity index (χ1v) is 9.72. The van der Waals surface area contributed by atoms with Crippen molar-refractivity contribution in [2.24, 2.45) is 0 Å². The maximum atomic E-state index is 11.7. The highest BCUT2D eigenvalue weighted by Gasteiger charge is 2.06. The molecule has 4 heteroatoms. The molecule has 0 bridgehead atoms. The molecule has 0 aromatic rings. The molecule has 0 aliphatic heterocycles. The second kappa shape index (κ2) is 20.7. The van der Waals surface area contributed by atoms with E-state index in [1.165, 1.54) is 19.3 Å². The van der Waals surface area contributed by atoms with Crippen LogP contribution >= 0.6 is 0 Å². The van der Waals surface area contributed by atoms with Gasteiger partial charge < -0.3 is 14.9 Å². The van der Waals surface area contributed by atoms with Gasteiger partial charge in [-0.25, -0.2) is 0 Å². The van der Waals surface area contributed by atoms with E-state index in [0.717, 1.165) is 25.7 Å². The summed E-state index contributed by atoms with van der Waals surface area (Å²) in [6, 6.07) is 0. The quantitative estimate of drug-likeness (QED) is 0.210. The molecule has 0 fully saturated rings. The molecule has 4 nitrogen and oxygen atoms in total. The van der Waals surface area contributed by atoms with Crippen LogP contribution < -0.4 is 0 Å². The van der Waals surface area contributed by atoms with Gasteiger partial charge in [0.1, 0.15) is 12.6 Å². The number of esters is 1. The summed E-state index contributed by atoms with van der Waals surface area (Å²) < 4.78 is 40.2. The average molecular weight is 384 g/mol. The number of aliphatic hydroxyl groups is 2. The first-order chi connectivity index (χ1) is 15.0. The van der Waals surface area contributed by atoms with Crippen LogP contribution in [-0.2, 0) is 9.53 Å². The topological polar surface area (TPSA) is 66.8 Å². The predicted molar refractivity (Wildman–Crippen MR) is 112 cm³/mol. The molecule has 0 heterocycles. The third kappa shape index (κ3) is 20.5. The summed E-state index contributed by atoms with van der Waals surface area (Å²) in [6.07, 6.45) is 21.3. The lowest BCUT2D eigenvalue weighted by molar-refractivity contribution is -0.147. The Bertz CT molecular complexity index is 635. The van der Waals surface area contributed by atoms with Gasteiger partial charge >= 0.3 is 5.97 Å². The van der Waals surface area contributed by atoms with Crippen molar-refractivity contribution >= 4 is 5.97 Å². The highest BCUT2D eigenvalue weighted by atomic mass is 16.5. The highest BCUT2D eigenvalue weighted by Crippen LogP contribution is 2.02. The maximum Gasteiger partial charge on any atom is 0.305 e. The third-order valence-electron chi connectivity index (χ3n) is 3.58. The summed E-state index contributed by atoms with van der Waals surface area (Å²) in [4.78, 5) is 11.7. The van der Waals surface area contributed by atoms with Crippen LogP contribution in [0.25, 0.3) is 0 Å². The first-order valence-electron chi connectivity index (χ1n) is 12.2. The van der Waals surface area contributed by atoms with Crippen molar-refractivity contribution in [3.05, 3.63) is 48.6 Å². The van der Waals surface area contributed by atoms with E-state index in [2.05, 4.69) is 42.0 Å². The Morgan fingerprint density at radius 3 is 2.00 bits per heavy atom. The van der Waals surface area contributed by atoms with Crippen LogP contribution in [0.5, 0.6) is 0 Å². The van der Waals surface area contributed by atoms with E-state index >= 15 is 0 Å². The van der Waals surface area contributed by atoms with Gasteiger partial charge in [0.25, 0.3) is 0 Å². The molecule has 2 N–H and O–H groups in total. The van der Waals surface area contributed by atoms with Gasteiger partial charge in [-0.1, -0.05) is 68.4 Å². The molecule has 154 valence electrons. The van der Waals surface area contributed by atoms with Crippen LogP contribution in [0.4, 0.5) is 0 Å². The molecule has 1 atom stereocenters. The maximum absolute atomic E-state index is 11.7. The average Bonchev–Trinajstić information content (AvgIpc) is 2.69. The van der Waals surface area contributed by atoms with Gasteiger partial charge in [0.2, 0.25) is 0 Å². The fraction of sp³-hybridized carbons (Fsp3) is 0.609. The van der Waals surface area contributed by atoms with Crippen molar-refractivity contribution in [2.45, 2.75) is 77.2 Å². The van der Waals surface area contributed by atoms with Crippen molar-refractivity contribution < 1.29 is 26.6 Å². The molecule has 0 spiro atoms. The Morgan fingerprint density at radius 1 is 0.963 bits per heavy atom. The number of rotatable bonds is 17. The summed E-state index contributed by atoms with van der Waals surface area (Å²) in [6.45, 7) is -4.80. The smallest absolute Gasteiger partial charge is 0.305 e. The molecule has 0 radical (unpaired) electrons. The van der Waals surface area contributed by atoms with E-state index in [1.807, 2.05) is 18.2 Å². The molecule has 27 heavy (non-hydrogen) atoms. The molecule has 0 aromatic heterocycles. The van der Waals surface area contributed by atoms with Crippen LogP contribution in [-0.4, -0.2) is 35.4 Å². The van der Waals surface area contributed by atoms with Gasteiger partial charge in [-0.15, -0.1) is 0 Å². The predicted octanol–water partition coefficient (Wildman–Crippen LogP) is 5.03. The Kier molecular flexibility index (Phi) is 13.4. The van der Waals surface area contributed by atoms with Crippen molar-refractivity contribution in [1.82, 2.24) is 0 Å². The lowest BCUT2D eigenvalue weighted by Crippen LogP contribution is -2.21. The number of carbonyl (C=O) groups excluding carboxylic acids is 1. The molecular weight excluding hydrogens is 340 g/mol. The van der Waals surface area contributed by atoms with Crippen molar-refractivity contribution in [1.29, 1.82) is 0 Å². The number of ether oxygens (including phenoxy) is 1. The second-order valence-corrected chi connectivity index (χ2v) is 6.02. The Morgan fingerprint density at radius 2 is 1.48 bits per heavy atom. The number of hydrogen-bond donors (Lipinski definition) is 2. The Hall–Kier alpha value is -1.65. The van der Waals surface area contributed by atoms with Gasteiger partial charge in [-0.2, -0.15) is 0 Å². The molecule has 1 unspecified atom stereocenters. The first kappa shape index (κ1) is 17.4. The van der Waals surface area contributed by atoms with Crippen LogP contribution in [0, 0.1) is 0 Å². The molecule has 0 aromatic carbocycles.